The Morgan fingerprint density at radius 2 is 2.35 bits per heavy atom. The van der Waals surface area contributed by atoms with Crippen LogP contribution in [0.1, 0.15) is 39.0 Å². The Kier molecular flexibility index (Phi) is 5.55. The van der Waals surface area contributed by atoms with Crippen molar-refractivity contribution in [1.29, 1.82) is 0 Å². The molecule has 2 heterocycles. The number of aliphatic imine (C=N–C) groups is 1. The Labute approximate surface area is 124 Å². The molecular formula is C14H21N5S. The van der Waals surface area contributed by atoms with Gasteiger partial charge in [0.05, 0.1) is 11.4 Å². The van der Waals surface area contributed by atoms with Gasteiger partial charge in [-0.15, -0.1) is 6.58 Å². The lowest BCUT2D eigenvalue weighted by atomic mass is 10.1. The molecule has 1 atom stereocenters. The minimum Gasteiger partial charge on any atom is -0.301 e. The summed E-state index contributed by atoms with van der Waals surface area (Å²) in [6.45, 7) is 6.01. The van der Waals surface area contributed by atoms with E-state index >= 15 is 0 Å². The number of hydrogen-bond acceptors (Lipinski definition) is 5. The van der Waals surface area contributed by atoms with Gasteiger partial charge in [-0.3, -0.25) is 4.99 Å². The van der Waals surface area contributed by atoms with Gasteiger partial charge in [-0.2, -0.15) is 5.10 Å². The highest BCUT2D eigenvalue weighted by atomic mass is 32.2. The summed E-state index contributed by atoms with van der Waals surface area (Å²) in [4.78, 5) is 9.82. The van der Waals surface area contributed by atoms with Gasteiger partial charge in [0.25, 0.3) is 0 Å². The van der Waals surface area contributed by atoms with E-state index < -0.39 is 0 Å². The number of rotatable bonds is 7. The largest absolute Gasteiger partial charge is 0.301 e. The first-order chi connectivity index (χ1) is 9.76. The van der Waals surface area contributed by atoms with E-state index in [4.69, 9.17) is 5.73 Å². The van der Waals surface area contributed by atoms with Crippen LogP contribution >= 0.6 is 11.8 Å². The van der Waals surface area contributed by atoms with E-state index in [1.54, 1.807) is 29.1 Å². The minimum absolute atomic E-state index is 0.228. The molecule has 0 radical (unpaired) electrons. The molecule has 1 aliphatic heterocycles. The first-order valence-corrected chi connectivity index (χ1v) is 7.82. The van der Waals surface area contributed by atoms with Crippen molar-refractivity contribution in [3.8, 4) is 0 Å². The Morgan fingerprint density at radius 1 is 1.50 bits per heavy atom. The maximum Gasteiger partial charge on any atom is 0.149 e. The summed E-state index contributed by atoms with van der Waals surface area (Å²) < 4.78 is 1.79. The summed E-state index contributed by atoms with van der Waals surface area (Å²) in [6.07, 6.45) is 10.4. The quantitative estimate of drug-likeness (QED) is 0.619. The monoisotopic (exact) mass is 291 g/mol. The molecule has 0 spiro atoms. The summed E-state index contributed by atoms with van der Waals surface area (Å²) in [7, 11) is 0. The Hall–Kier alpha value is -1.40. The average Bonchev–Trinajstić information content (AvgIpc) is 2.93. The number of unbranched alkanes of at least 4 members (excludes halogenated alkanes) is 2. The third-order valence-corrected chi connectivity index (χ3v) is 4.11. The normalized spacial score (nSPS) is 19.1. The zero-order valence-electron chi connectivity index (χ0n) is 11.8. The lowest BCUT2D eigenvalue weighted by Crippen LogP contribution is -2.24. The molecule has 2 rings (SSSR count). The summed E-state index contributed by atoms with van der Waals surface area (Å²) in [6, 6.07) is 0. The van der Waals surface area contributed by atoms with Crippen LogP contribution in [0.4, 0.5) is 0 Å². The van der Waals surface area contributed by atoms with Gasteiger partial charge < -0.3 is 5.73 Å². The molecule has 0 fully saturated rings. The van der Waals surface area contributed by atoms with Crippen molar-refractivity contribution in [2.45, 2.75) is 44.5 Å². The lowest BCUT2D eigenvalue weighted by Gasteiger charge is -2.23. The van der Waals surface area contributed by atoms with Gasteiger partial charge in [0.15, 0.2) is 0 Å². The highest BCUT2D eigenvalue weighted by molar-refractivity contribution is 8.03. The number of aromatic nitrogens is 3. The van der Waals surface area contributed by atoms with Gasteiger partial charge in [-0.25, -0.2) is 9.67 Å². The number of nitrogens with two attached hydrogens (primary N) is 1. The van der Waals surface area contributed by atoms with Crippen molar-refractivity contribution < 1.29 is 0 Å². The number of thioether (sulfide) groups is 1. The summed E-state index contributed by atoms with van der Waals surface area (Å²) >= 11 is 1.62. The molecular weight excluding hydrogens is 270 g/mol. The molecule has 0 aromatic carbocycles. The standard InChI is InChI=1S/C14H21N5S/c1-3-5-6-8-12-13(19-10-16-9-17-19)11(7-4-2)18-14(15)20-12/h4,9-10,14H,2-3,5-8,15H2,1H3. The summed E-state index contributed by atoms with van der Waals surface area (Å²) in [5.41, 5.74) is 7.78. The van der Waals surface area contributed by atoms with E-state index in [2.05, 4.69) is 28.6 Å². The molecule has 0 bridgehead atoms. The average molecular weight is 291 g/mol. The number of nitrogens with zero attached hydrogens (tertiary/aromatic N) is 4. The van der Waals surface area contributed by atoms with Crippen LogP contribution in [0.2, 0.25) is 0 Å². The lowest BCUT2D eigenvalue weighted by molar-refractivity contribution is 0.722. The zero-order valence-corrected chi connectivity index (χ0v) is 12.6. The summed E-state index contributed by atoms with van der Waals surface area (Å²) in [5, 5.41) is 4.25. The fraction of sp³-hybridized carbons (Fsp3) is 0.500. The van der Waals surface area contributed by atoms with Crippen LogP contribution in [-0.4, -0.2) is 26.0 Å². The van der Waals surface area contributed by atoms with E-state index in [0.717, 1.165) is 24.3 Å². The highest BCUT2D eigenvalue weighted by Gasteiger charge is 2.23. The molecule has 0 aliphatic carbocycles. The number of hydrogen-bond donors (Lipinski definition) is 1. The van der Waals surface area contributed by atoms with E-state index in [1.165, 1.54) is 17.7 Å². The smallest absolute Gasteiger partial charge is 0.149 e. The molecule has 0 amide bonds. The van der Waals surface area contributed by atoms with Crippen LogP contribution in [0.25, 0.3) is 5.70 Å². The van der Waals surface area contributed by atoms with Gasteiger partial charge in [-0.1, -0.05) is 37.6 Å². The van der Waals surface area contributed by atoms with Crippen LogP contribution in [0, 0.1) is 0 Å². The molecule has 1 aromatic rings. The molecule has 0 saturated heterocycles. The maximum absolute atomic E-state index is 6.03. The topological polar surface area (TPSA) is 69.1 Å². The Bertz CT molecular complexity index is 504. The molecule has 5 nitrogen and oxygen atoms in total. The second kappa shape index (κ2) is 7.40. The molecule has 1 aromatic heterocycles. The van der Waals surface area contributed by atoms with Crippen molar-refractivity contribution >= 4 is 23.2 Å². The van der Waals surface area contributed by atoms with E-state index in [9.17, 15) is 0 Å². The fourth-order valence-electron chi connectivity index (χ4n) is 2.19. The van der Waals surface area contributed by atoms with Gasteiger partial charge in [0.1, 0.15) is 18.2 Å². The Morgan fingerprint density at radius 3 is 3.00 bits per heavy atom. The van der Waals surface area contributed by atoms with Gasteiger partial charge >= 0.3 is 0 Å². The SMILES string of the molecule is C=CCC1=NC(N)SC(CCCCC)=C1n1cncn1. The first-order valence-electron chi connectivity index (χ1n) is 6.94. The molecule has 6 heteroatoms. The summed E-state index contributed by atoms with van der Waals surface area (Å²) in [5.74, 6) is 0. The van der Waals surface area contributed by atoms with Gasteiger partial charge in [0.2, 0.25) is 0 Å². The van der Waals surface area contributed by atoms with Gasteiger partial charge in [0, 0.05) is 11.3 Å². The zero-order chi connectivity index (χ0) is 14.4. The predicted octanol–water partition coefficient (Wildman–Crippen LogP) is 3.03. The second-order valence-electron chi connectivity index (χ2n) is 4.65. The fourth-order valence-corrected chi connectivity index (χ4v) is 3.24. The van der Waals surface area contributed by atoms with Gasteiger partial charge in [-0.05, 0) is 12.8 Å². The molecule has 1 aliphatic rings. The molecule has 1 unspecified atom stereocenters. The van der Waals surface area contributed by atoms with Crippen LogP contribution in [-0.2, 0) is 0 Å². The van der Waals surface area contributed by atoms with Crippen molar-refractivity contribution in [2.24, 2.45) is 10.7 Å². The van der Waals surface area contributed by atoms with Crippen molar-refractivity contribution in [3.63, 3.8) is 0 Å². The Balaban J connectivity index is 2.33. The van der Waals surface area contributed by atoms with Crippen molar-refractivity contribution in [3.05, 3.63) is 30.2 Å². The molecule has 0 saturated carbocycles. The van der Waals surface area contributed by atoms with Crippen molar-refractivity contribution in [1.82, 2.24) is 14.8 Å². The van der Waals surface area contributed by atoms with Crippen LogP contribution in [0.3, 0.4) is 0 Å². The predicted molar refractivity (Wildman–Crippen MR) is 85.2 cm³/mol. The van der Waals surface area contributed by atoms with Crippen LogP contribution < -0.4 is 5.73 Å². The van der Waals surface area contributed by atoms with E-state index in [1.807, 2.05) is 6.08 Å². The van der Waals surface area contributed by atoms with E-state index in [-0.39, 0.29) is 5.50 Å². The maximum atomic E-state index is 6.03. The minimum atomic E-state index is -0.228. The second-order valence-corrected chi connectivity index (χ2v) is 5.86. The highest BCUT2D eigenvalue weighted by Crippen LogP contribution is 2.35. The third kappa shape index (κ3) is 3.58. The molecule has 108 valence electrons. The van der Waals surface area contributed by atoms with Crippen LogP contribution in [0.5, 0.6) is 0 Å². The van der Waals surface area contributed by atoms with E-state index in [0.29, 0.717) is 6.42 Å². The van der Waals surface area contributed by atoms with Crippen molar-refractivity contribution in [2.75, 3.05) is 0 Å². The third-order valence-electron chi connectivity index (χ3n) is 3.08. The number of allylic oxidation sites excluding steroid dienone is 3. The first kappa shape index (κ1) is 15.0. The molecule has 20 heavy (non-hydrogen) atoms. The van der Waals surface area contributed by atoms with Crippen LogP contribution in [0.15, 0.2) is 35.2 Å². The molecule has 2 N–H and O–H groups in total.